The molecular weight excluding hydrogens is 392 g/mol. The maximum absolute atomic E-state index is 12.2. The lowest BCUT2D eigenvalue weighted by Crippen LogP contribution is -2.34. The number of benzene rings is 1. The topological polar surface area (TPSA) is 102 Å². The quantitative estimate of drug-likeness (QED) is 0.692. The first-order valence-electron chi connectivity index (χ1n) is 8.45. The molecule has 1 saturated heterocycles. The first-order chi connectivity index (χ1) is 13.1. The molecule has 0 spiro atoms. The molecule has 144 valence electrons. The molecule has 1 aliphatic heterocycles. The zero-order valence-corrected chi connectivity index (χ0v) is 16.0. The van der Waals surface area contributed by atoms with Crippen molar-refractivity contribution in [2.45, 2.75) is 25.6 Å². The third-order valence-electron chi connectivity index (χ3n) is 3.75. The molecule has 3 rings (SSSR count). The average molecular weight is 411 g/mol. The minimum atomic E-state index is -0.379. The van der Waals surface area contributed by atoms with Crippen LogP contribution in [0.15, 0.2) is 24.3 Å². The van der Waals surface area contributed by atoms with Gasteiger partial charge in [-0.15, -0.1) is 10.2 Å². The third-order valence-corrected chi connectivity index (χ3v) is 4.88. The first kappa shape index (κ1) is 19.7. The molecule has 1 aromatic heterocycles. The number of ether oxygens (including phenoxy) is 2. The largest absolute Gasteiger partial charge is 0.376 e. The van der Waals surface area contributed by atoms with Gasteiger partial charge >= 0.3 is 0 Å². The van der Waals surface area contributed by atoms with E-state index in [1.54, 1.807) is 24.3 Å². The van der Waals surface area contributed by atoms with Crippen molar-refractivity contribution in [3.63, 3.8) is 0 Å². The number of carbonyl (C=O) groups is 2. The Morgan fingerprint density at radius 3 is 3.04 bits per heavy atom. The van der Waals surface area contributed by atoms with Crippen LogP contribution in [0.3, 0.4) is 0 Å². The Balaban J connectivity index is 1.39. The summed E-state index contributed by atoms with van der Waals surface area (Å²) in [5.74, 6) is -0.593. The highest BCUT2D eigenvalue weighted by molar-refractivity contribution is 7.13. The summed E-state index contributed by atoms with van der Waals surface area (Å²) in [6, 6.07) is 6.82. The number of aromatic nitrogens is 2. The molecule has 2 amide bonds. The summed E-state index contributed by atoms with van der Waals surface area (Å²) >= 11 is 6.99. The van der Waals surface area contributed by atoms with Gasteiger partial charge in [0.2, 0.25) is 10.9 Å². The zero-order valence-electron chi connectivity index (χ0n) is 14.4. The molecule has 27 heavy (non-hydrogen) atoms. The van der Waals surface area contributed by atoms with E-state index in [1.807, 2.05) is 0 Å². The summed E-state index contributed by atoms with van der Waals surface area (Å²) in [6.07, 6.45) is 2.09. The van der Waals surface area contributed by atoms with Gasteiger partial charge in [-0.25, -0.2) is 0 Å². The van der Waals surface area contributed by atoms with Gasteiger partial charge in [-0.1, -0.05) is 29.0 Å². The van der Waals surface area contributed by atoms with Crippen molar-refractivity contribution in [2.24, 2.45) is 0 Å². The number of rotatable bonds is 8. The van der Waals surface area contributed by atoms with E-state index in [9.17, 15) is 9.59 Å². The summed E-state index contributed by atoms with van der Waals surface area (Å²) in [4.78, 5) is 23.9. The van der Waals surface area contributed by atoms with E-state index in [-0.39, 0.29) is 36.1 Å². The fraction of sp³-hybridized carbons (Fsp3) is 0.412. The molecule has 1 atom stereocenters. The molecule has 1 aliphatic rings. The highest BCUT2D eigenvalue weighted by Crippen LogP contribution is 2.17. The van der Waals surface area contributed by atoms with E-state index in [1.165, 1.54) is 0 Å². The smallest absolute Gasteiger partial charge is 0.286 e. The lowest BCUT2D eigenvalue weighted by molar-refractivity contribution is -0.126. The monoisotopic (exact) mass is 410 g/mol. The molecule has 1 fully saturated rings. The van der Waals surface area contributed by atoms with Crippen LogP contribution in [0.2, 0.25) is 5.02 Å². The van der Waals surface area contributed by atoms with Crippen LogP contribution in [0, 0.1) is 0 Å². The Morgan fingerprint density at radius 2 is 2.26 bits per heavy atom. The number of nitrogens with zero attached hydrogens (tertiary/aromatic N) is 2. The van der Waals surface area contributed by atoms with Crippen LogP contribution in [0.4, 0.5) is 5.69 Å². The summed E-state index contributed by atoms with van der Waals surface area (Å²) in [5.41, 5.74) is 0.573. The van der Waals surface area contributed by atoms with Crippen molar-refractivity contribution >= 4 is 40.4 Å². The van der Waals surface area contributed by atoms with Crippen molar-refractivity contribution in [3.05, 3.63) is 39.3 Å². The summed E-state index contributed by atoms with van der Waals surface area (Å²) in [7, 11) is 0. The van der Waals surface area contributed by atoms with Gasteiger partial charge in [-0.2, -0.15) is 0 Å². The maximum Gasteiger partial charge on any atom is 0.286 e. The Labute approximate surface area is 165 Å². The van der Waals surface area contributed by atoms with Gasteiger partial charge in [0, 0.05) is 23.9 Å². The van der Waals surface area contributed by atoms with Crippen LogP contribution in [0.25, 0.3) is 0 Å². The Hall–Kier alpha value is -2.07. The van der Waals surface area contributed by atoms with Crippen LogP contribution in [0.5, 0.6) is 0 Å². The molecule has 10 heteroatoms. The lowest BCUT2D eigenvalue weighted by Gasteiger charge is -2.10. The predicted octanol–water partition coefficient (Wildman–Crippen LogP) is 2.26. The van der Waals surface area contributed by atoms with Crippen LogP contribution < -0.4 is 10.6 Å². The van der Waals surface area contributed by atoms with E-state index in [2.05, 4.69) is 20.8 Å². The van der Waals surface area contributed by atoms with Crippen LogP contribution in [0.1, 0.15) is 27.7 Å². The van der Waals surface area contributed by atoms with Crippen molar-refractivity contribution in [3.8, 4) is 0 Å². The fourth-order valence-electron chi connectivity index (χ4n) is 2.47. The Morgan fingerprint density at radius 1 is 1.37 bits per heavy atom. The summed E-state index contributed by atoms with van der Waals surface area (Å²) in [5, 5.41) is 14.5. The van der Waals surface area contributed by atoms with Crippen molar-refractivity contribution in [1.29, 1.82) is 0 Å². The molecule has 0 saturated carbocycles. The van der Waals surface area contributed by atoms with Gasteiger partial charge < -0.3 is 20.1 Å². The number of hydrogen-bond donors (Lipinski definition) is 2. The van der Waals surface area contributed by atoms with E-state index in [0.29, 0.717) is 22.3 Å². The molecule has 2 aromatic rings. The second kappa shape index (κ2) is 9.75. The molecule has 0 aliphatic carbocycles. The van der Waals surface area contributed by atoms with Gasteiger partial charge in [0.15, 0.2) is 0 Å². The Bertz CT molecular complexity index is 795. The second-order valence-corrected chi connectivity index (χ2v) is 7.40. The second-order valence-electron chi connectivity index (χ2n) is 5.90. The maximum atomic E-state index is 12.2. The van der Waals surface area contributed by atoms with Gasteiger partial charge in [-0.3, -0.25) is 9.59 Å². The highest BCUT2D eigenvalue weighted by atomic mass is 35.5. The summed E-state index contributed by atoms with van der Waals surface area (Å²) in [6.45, 7) is 1.27. The number of nitrogens with one attached hydrogen (secondary N) is 2. The van der Waals surface area contributed by atoms with Gasteiger partial charge in [0.1, 0.15) is 18.2 Å². The number of anilines is 1. The van der Waals surface area contributed by atoms with E-state index in [0.717, 1.165) is 30.8 Å². The molecular formula is C17H19ClN4O4S. The third kappa shape index (κ3) is 6.24. The normalized spacial score (nSPS) is 16.3. The minimum Gasteiger partial charge on any atom is -0.376 e. The fourth-order valence-corrected chi connectivity index (χ4v) is 3.33. The summed E-state index contributed by atoms with van der Waals surface area (Å²) < 4.78 is 10.8. The Kier molecular flexibility index (Phi) is 7.11. The van der Waals surface area contributed by atoms with Crippen LogP contribution in [-0.2, 0) is 20.9 Å². The van der Waals surface area contributed by atoms with Gasteiger partial charge in [-0.05, 0) is 31.0 Å². The van der Waals surface area contributed by atoms with Crippen LogP contribution >= 0.6 is 22.9 Å². The van der Waals surface area contributed by atoms with Gasteiger partial charge in [0.25, 0.3) is 5.91 Å². The molecule has 8 nitrogen and oxygen atoms in total. The number of hydrogen-bond acceptors (Lipinski definition) is 7. The molecule has 2 N–H and O–H groups in total. The van der Waals surface area contributed by atoms with Crippen LogP contribution in [-0.4, -0.2) is 47.9 Å². The predicted molar refractivity (Wildman–Crippen MR) is 101 cm³/mol. The average Bonchev–Trinajstić information content (AvgIpc) is 3.32. The molecule has 0 radical (unpaired) electrons. The van der Waals surface area contributed by atoms with E-state index in [4.69, 9.17) is 21.1 Å². The number of carbonyl (C=O) groups excluding carboxylic acids is 2. The van der Waals surface area contributed by atoms with Crippen molar-refractivity contribution in [1.82, 2.24) is 15.5 Å². The lowest BCUT2D eigenvalue weighted by atomic mass is 10.2. The molecule has 0 unspecified atom stereocenters. The van der Waals surface area contributed by atoms with Gasteiger partial charge in [0.05, 0.1) is 6.10 Å². The molecule has 1 aromatic carbocycles. The first-order valence-corrected chi connectivity index (χ1v) is 9.65. The standard InChI is InChI=1S/C17H19ClN4O4S/c18-11-3-1-4-12(7-11)20-16(24)17-22-21-15(27-17)10-25-9-14(23)19-8-13-5-2-6-26-13/h1,3-4,7,13H,2,5-6,8-10H2,(H,19,23)(H,20,24)/t13-/m1/s1. The van der Waals surface area contributed by atoms with Crippen molar-refractivity contribution < 1.29 is 19.1 Å². The molecule has 0 bridgehead atoms. The number of amides is 2. The van der Waals surface area contributed by atoms with E-state index >= 15 is 0 Å². The number of halogens is 1. The molecule has 2 heterocycles. The zero-order chi connectivity index (χ0) is 19.1. The highest BCUT2D eigenvalue weighted by Gasteiger charge is 2.17. The minimum absolute atomic E-state index is 0.0870. The van der Waals surface area contributed by atoms with Crippen molar-refractivity contribution in [2.75, 3.05) is 25.1 Å². The van der Waals surface area contributed by atoms with E-state index < -0.39 is 0 Å². The SMILES string of the molecule is O=C(COCc1nnc(C(=O)Nc2cccc(Cl)c2)s1)NC[C@H]1CCCO1.